The third-order valence-electron chi connectivity index (χ3n) is 3.06. The minimum atomic E-state index is -0.224. The normalized spacial score (nSPS) is 10.4. The van der Waals surface area contributed by atoms with E-state index in [2.05, 4.69) is 19.2 Å². The maximum atomic E-state index is 12.4. The average Bonchev–Trinajstić information content (AvgIpc) is 2.53. The molecule has 0 heterocycles. The lowest BCUT2D eigenvalue weighted by Gasteiger charge is -2.14. The fraction of sp³-hybridized carbons (Fsp3) is 0.278. The molecule has 0 saturated carbocycles. The third-order valence-corrected chi connectivity index (χ3v) is 3.06. The summed E-state index contributed by atoms with van der Waals surface area (Å²) in [4.78, 5) is 12.4. The number of nitrogens with one attached hydrogen (secondary N) is 1. The van der Waals surface area contributed by atoms with Crippen molar-refractivity contribution in [2.75, 3.05) is 19.0 Å². The van der Waals surface area contributed by atoms with Crippen molar-refractivity contribution >= 4 is 11.6 Å². The van der Waals surface area contributed by atoms with Gasteiger partial charge in [0.1, 0.15) is 11.5 Å². The predicted molar refractivity (Wildman–Crippen MR) is 87.7 cm³/mol. The molecule has 0 atom stereocenters. The van der Waals surface area contributed by atoms with Gasteiger partial charge in [-0.05, 0) is 30.2 Å². The Morgan fingerprint density at radius 2 is 1.68 bits per heavy atom. The number of methoxy groups -OCH3 is 1. The van der Waals surface area contributed by atoms with Crippen LogP contribution in [0.4, 0.5) is 5.69 Å². The molecule has 0 aliphatic rings. The predicted octanol–water partition coefficient (Wildman–Crippen LogP) is 3.98. The molecule has 2 aromatic rings. The first-order valence-corrected chi connectivity index (χ1v) is 7.28. The van der Waals surface area contributed by atoms with Crippen molar-refractivity contribution in [2.45, 2.75) is 13.8 Å². The molecule has 0 spiro atoms. The highest BCUT2D eigenvalue weighted by Gasteiger charge is 2.13. The van der Waals surface area contributed by atoms with Gasteiger partial charge < -0.3 is 14.8 Å². The summed E-state index contributed by atoms with van der Waals surface area (Å²) in [7, 11) is 1.55. The van der Waals surface area contributed by atoms with E-state index in [9.17, 15) is 4.79 Å². The standard InChI is InChI=1S/C18H21NO3/c1-13(2)12-22-17-11-7-5-9-15(17)19-18(20)14-8-4-6-10-16(14)21-3/h4-11,13H,12H2,1-3H3,(H,19,20). The van der Waals surface area contributed by atoms with Crippen LogP contribution in [0.1, 0.15) is 24.2 Å². The van der Waals surface area contributed by atoms with Crippen molar-refractivity contribution in [3.63, 3.8) is 0 Å². The van der Waals surface area contributed by atoms with E-state index in [1.807, 2.05) is 30.3 Å². The van der Waals surface area contributed by atoms with E-state index >= 15 is 0 Å². The summed E-state index contributed by atoms with van der Waals surface area (Å²) in [6, 6.07) is 14.5. The lowest BCUT2D eigenvalue weighted by Crippen LogP contribution is -2.14. The van der Waals surface area contributed by atoms with Crippen LogP contribution < -0.4 is 14.8 Å². The molecule has 0 bridgehead atoms. The molecule has 0 unspecified atom stereocenters. The summed E-state index contributed by atoms with van der Waals surface area (Å²) in [6.45, 7) is 4.76. The van der Waals surface area contributed by atoms with E-state index in [0.29, 0.717) is 35.3 Å². The van der Waals surface area contributed by atoms with E-state index in [-0.39, 0.29) is 5.91 Å². The van der Waals surface area contributed by atoms with E-state index in [1.165, 1.54) is 0 Å². The van der Waals surface area contributed by atoms with Crippen LogP contribution in [0.15, 0.2) is 48.5 Å². The van der Waals surface area contributed by atoms with Crippen LogP contribution in [0, 0.1) is 5.92 Å². The van der Waals surface area contributed by atoms with Gasteiger partial charge in [0.2, 0.25) is 0 Å². The van der Waals surface area contributed by atoms with Gasteiger partial charge in [0.15, 0.2) is 0 Å². The number of amides is 1. The van der Waals surface area contributed by atoms with Gasteiger partial charge in [-0.2, -0.15) is 0 Å². The first-order chi connectivity index (χ1) is 10.6. The maximum Gasteiger partial charge on any atom is 0.259 e. The molecule has 0 fully saturated rings. The largest absolute Gasteiger partial charge is 0.496 e. The minimum Gasteiger partial charge on any atom is -0.496 e. The Labute approximate surface area is 131 Å². The van der Waals surface area contributed by atoms with Gasteiger partial charge >= 0.3 is 0 Å². The van der Waals surface area contributed by atoms with Gasteiger partial charge in [-0.25, -0.2) is 0 Å². The highest BCUT2D eigenvalue weighted by atomic mass is 16.5. The van der Waals surface area contributed by atoms with Crippen molar-refractivity contribution in [3.8, 4) is 11.5 Å². The zero-order chi connectivity index (χ0) is 15.9. The molecule has 0 radical (unpaired) electrons. The summed E-state index contributed by atoms with van der Waals surface area (Å²) in [5, 5.41) is 2.88. The minimum absolute atomic E-state index is 0.224. The summed E-state index contributed by atoms with van der Waals surface area (Å²) >= 11 is 0. The van der Waals surface area contributed by atoms with Crippen molar-refractivity contribution in [1.82, 2.24) is 0 Å². The van der Waals surface area contributed by atoms with E-state index in [4.69, 9.17) is 9.47 Å². The Hall–Kier alpha value is -2.49. The molecule has 1 amide bonds. The Morgan fingerprint density at radius 1 is 1.05 bits per heavy atom. The fourth-order valence-corrected chi connectivity index (χ4v) is 1.97. The molecule has 2 rings (SSSR count). The second kappa shape index (κ2) is 7.50. The first-order valence-electron chi connectivity index (χ1n) is 7.28. The lowest BCUT2D eigenvalue weighted by molar-refractivity contribution is 0.102. The molecule has 1 N–H and O–H groups in total. The van der Waals surface area contributed by atoms with Crippen LogP contribution in [0.2, 0.25) is 0 Å². The van der Waals surface area contributed by atoms with Gasteiger partial charge in [0.05, 0.1) is 25.0 Å². The lowest BCUT2D eigenvalue weighted by atomic mass is 10.2. The molecule has 4 nitrogen and oxygen atoms in total. The molecule has 0 aliphatic carbocycles. The number of benzene rings is 2. The van der Waals surface area contributed by atoms with Gasteiger partial charge in [-0.15, -0.1) is 0 Å². The number of para-hydroxylation sites is 3. The number of hydrogen-bond donors (Lipinski definition) is 1. The van der Waals surface area contributed by atoms with Gasteiger partial charge in [-0.3, -0.25) is 4.79 Å². The molecular formula is C18H21NO3. The number of carbonyl (C=O) groups excluding carboxylic acids is 1. The molecular weight excluding hydrogens is 278 g/mol. The van der Waals surface area contributed by atoms with Gasteiger partial charge in [-0.1, -0.05) is 38.1 Å². The average molecular weight is 299 g/mol. The Kier molecular flexibility index (Phi) is 5.42. The van der Waals surface area contributed by atoms with E-state index in [0.717, 1.165) is 0 Å². The molecule has 2 aromatic carbocycles. The monoisotopic (exact) mass is 299 g/mol. The second-order valence-electron chi connectivity index (χ2n) is 5.36. The second-order valence-corrected chi connectivity index (χ2v) is 5.36. The fourth-order valence-electron chi connectivity index (χ4n) is 1.97. The Balaban J connectivity index is 2.18. The SMILES string of the molecule is COc1ccccc1C(=O)Nc1ccccc1OCC(C)C. The zero-order valence-electron chi connectivity index (χ0n) is 13.1. The quantitative estimate of drug-likeness (QED) is 0.877. The van der Waals surface area contributed by atoms with E-state index < -0.39 is 0 Å². The number of rotatable bonds is 6. The van der Waals surface area contributed by atoms with Crippen LogP contribution in [0.25, 0.3) is 0 Å². The number of hydrogen-bond acceptors (Lipinski definition) is 3. The topological polar surface area (TPSA) is 47.6 Å². The van der Waals surface area contributed by atoms with Crippen LogP contribution >= 0.6 is 0 Å². The Morgan fingerprint density at radius 3 is 2.36 bits per heavy atom. The Bertz CT molecular complexity index is 638. The van der Waals surface area contributed by atoms with Crippen molar-refractivity contribution in [2.24, 2.45) is 5.92 Å². The zero-order valence-corrected chi connectivity index (χ0v) is 13.1. The number of carbonyl (C=O) groups is 1. The van der Waals surface area contributed by atoms with Crippen molar-refractivity contribution in [1.29, 1.82) is 0 Å². The van der Waals surface area contributed by atoms with Crippen LogP contribution in [0.5, 0.6) is 11.5 Å². The summed E-state index contributed by atoms with van der Waals surface area (Å²) in [5.74, 6) is 1.40. The van der Waals surface area contributed by atoms with Crippen LogP contribution in [-0.2, 0) is 0 Å². The molecule has 0 aromatic heterocycles. The molecule has 0 aliphatic heterocycles. The number of ether oxygens (including phenoxy) is 2. The first kappa shape index (κ1) is 15.9. The van der Waals surface area contributed by atoms with E-state index in [1.54, 1.807) is 25.3 Å². The highest BCUT2D eigenvalue weighted by Crippen LogP contribution is 2.26. The highest BCUT2D eigenvalue weighted by molar-refractivity contribution is 6.06. The van der Waals surface area contributed by atoms with Gasteiger partial charge in [0, 0.05) is 0 Å². The smallest absolute Gasteiger partial charge is 0.259 e. The maximum absolute atomic E-state index is 12.4. The van der Waals surface area contributed by atoms with Gasteiger partial charge in [0.25, 0.3) is 5.91 Å². The summed E-state index contributed by atoms with van der Waals surface area (Å²) < 4.78 is 11.0. The van der Waals surface area contributed by atoms with Crippen LogP contribution in [0.3, 0.4) is 0 Å². The van der Waals surface area contributed by atoms with Crippen LogP contribution in [-0.4, -0.2) is 19.6 Å². The molecule has 116 valence electrons. The third kappa shape index (κ3) is 4.01. The summed E-state index contributed by atoms with van der Waals surface area (Å²) in [5.41, 5.74) is 1.14. The van der Waals surface area contributed by atoms with Crippen molar-refractivity contribution in [3.05, 3.63) is 54.1 Å². The molecule has 4 heteroatoms. The summed E-state index contributed by atoms with van der Waals surface area (Å²) in [6.07, 6.45) is 0. The molecule has 0 saturated heterocycles. The van der Waals surface area contributed by atoms with Crippen molar-refractivity contribution < 1.29 is 14.3 Å². The molecule has 22 heavy (non-hydrogen) atoms. The number of anilines is 1.